The van der Waals surface area contributed by atoms with Gasteiger partial charge in [-0.25, -0.2) is 4.79 Å². The van der Waals surface area contributed by atoms with Crippen LogP contribution in [0.3, 0.4) is 0 Å². The predicted molar refractivity (Wildman–Crippen MR) is 90.3 cm³/mol. The van der Waals surface area contributed by atoms with Gasteiger partial charge in [0, 0.05) is 12.7 Å². The van der Waals surface area contributed by atoms with Crippen molar-refractivity contribution in [3.63, 3.8) is 0 Å². The van der Waals surface area contributed by atoms with Crippen LogP contribution in [0, 0.1) is 0 Å². The fourth-order valence-electron chi connectivity index (χ4n) is 2.88. The molecule has 2 aromatic carbocycles. The number of H-pyrrole nitrogens is 2. The molecule has 0 atom stereocenters. The molecule has 0 radical (unpaired) electrons. The monoisotopic (exact) mass is 307 g/mol. The first-order chi connectivity index (χ1) is 11.3. The second-order valence-electron chi connectivity index (χ2n) is 5.59. The lowest BCUT2D eigenvalue weighted by molar-refractivity contribution is 0.251. The average molecular weight is 307 g/mol. The highest BCUT2D eigenvalue weighted by atomic mass is 16.5. The molecular formula is C18H17N3O2. The third-order valence-corrected chi connectivity index (χ3v) is 4.04. The Morgan fingerprint density at radius 3 is 2.96 bits per heavy atom. The van der Waals surface area contributed by atoms with E-state index in [1.165, 1.54) is 11.1 Å². The number of hydrogen-bond acceptors (Lipinski definition) is 3. The molecular weight excluding hydrogens is 290 g/mol. The van der Waals surface area contributed by atoms with Crippen LogP contribution in [-0.4, -0.2) is 28.0 Å². The third kappa shape index (κ3) is 2.73. The van der Waals surface area contributed by atoms with Crippen molar-refractivity contribution >= 4 is 17.1 Å². The summed E-state index contributed by atoms with van der Waals surface area (Å²) in [5.74, 6) is 0.697. The summed E-state index contributed by atoms with van der Waals surface area (Å²) in [6.07, 6.45) is 4.23. The van der Waals surface area contributed by atoms with Gasteiger partial charge in [0.05, 0.1) is 12.1 Å². The number of aromatic amines is 2. The number of rotatable bonds is 4. The number of imidazole rings is 1. The van der Waals surface area contributed by atoms with Gasteiger partial charge in [-0.2, -0.15) is 0 Å². The second kappa shape index (κ2) is 5.68. The van der Waals surface area contributed by atoms with Crippen LogP contribution in [0.25, 0.3) is 17.1 Å². The molecule has 4 rings (SSSR count). The van der Waals surface area contributed by atoms with E-state index in [2.05, 4.69) is 51.4 Å². The van der Waals surface area contributed by atoms with E-state index in [-0.39, 0.29) is 5.69 Å². The van der Waals surface area contributed by atoms with Gasteiger partial charge in [-0.3, -0.25) is 0 Å². The Morgan fingerprint density at radius 1 is 1.09 bits per heavy atom. The molecule has 1 aliphatic heterocycles. The molecule has 0 bridgehead atoms. The maximum Gasteiger partial charge on any atom is 0.323 e. The molecule has 0 saturated carbocycles. The van der Waals surface area contributed by atoms with E-state index in [4.69, 9.17) is 4.74 Å². The Kier molecular flexibility index (Phi) is 3.38. The lowest BCUT2D eigenvalue weighted by atomic mass is 10.0. The number of ether oxygens (including phenoxy) is 1. The summed E-state index contributed by atoms with van der Waals surface area (Å²) in [5.41, 5.74) is 3.87. The highest BCUT2D eigenvalue weighted by molar-refractivity contribution is 5.80. The molecule has 5 nitrogen and oxygen atoms in total. The van der Waals surface area contributed by atoms with Gasteiger partial charge in [-0.05, 0) is 29.3 Å². The summed E-state index contributed by atoms with van der Waals surface area (Å²) in [7, 11) is 0. The smallest absolute Gasteiger partial charge is 0.323 e. The van der Waals surface area contributed by atoms with Gasteiger partial charge in [0.25, 0.3) is 0 Å². The number of benzene rings is 2. The molecule has 0 unspecified atom stereocenters. The van der Waals surface area contributed by atoms with Crippen LogP contribution in [-0.2, 0) is 6.54 Å². The SMILES string of the molecule is O=c1[nH]c2cccc(OCCN3C=Cc4ccccc4C3)c2[nH]1. The molecule has 1 aromatic heterocycles. The highest BCUT2D eigenvalue weighted by Gasteiger charge is 2.10. The molecule has 23 heavy (non-hydrogen) atoms. The largest absolute Gasteiger partial charge is 0.489 e. The Morgan fingerprint density at radius 2 is 2.00 bits per heavy atom. The van der Waals surface area contributed by atoms with Crippen molar-refractivity contribution in [2.24, 2.45) is 0 Å². The summed E-state index contributed by atoms with van der Waals surface area (Å²) in [6, 6.07) is 14.0. The fraction of sp³-hybridized carbons (Fsp3) is 0.167. The minimum atomic E-state index is -0.216. The minimum absolute atomic E-state index is 0.216. The Balaban J connectivity index is 1.42. The van der Waals surface area contributed by atoms with Gasteiger partial charge >= 0.3 is 5.69 Å². The summed E-state index contributed by atoms with van der Waals surface area (Å²) in [5, 5.41) is 0. The van der Waals surface area contributed by atoms with Crippen LogP contribution in [0.5, 0.6) is 5.75 Å². The summed E-state index contributed by atoms with van der Waals surface area (Å²) in [6.45, 7) is 2.23. The molecule has 2 N–H and O–H groups in total. The zero-order valence-electron chi connectivity index (χ0n) is 12.6. The second-order valence-corrected chi connectivity index (χ2v) is 5.59. The van der Waals surface area contributed by atoms with Crippen molar-refractivity contribution < 1.29 is 4.74 Å². The lowest BCUT2D eigenvalue weighted by Crippen LogP contribution is -2.25. The van der Waals surface area contributed by atoms with E-state index in [0.29, 0.717) is 12.4 Å². The van der Waals surface area contributed by atoms with Gasteiger partial charge < -0.3 is 19.6 Å². The first-order valence-corrected chi connectivity index (χ1v) is 7.63. The van der Waals surface area contributed by atoms with Crippen LogP contribution >= 0.6 is 0 Å². The van der Waals surface area contributed by atoms with Gasteiger partial charge in [0.2, 0.25) is 0 Å². The first-order valence-electron chi connectivity index (χ1n) is 7.63. The van der Waals surface area contributed by atoms with Gasteiger partial charge in [-0.15, -0.1) is 0 Å². The van der Waals surface area contributed by atoms with Gasteiger partial charge in [0.1, 0.15) is 17.9 Å². The van der Waals surface area contributed by atoms with E-state index in [1.54, 1.807) is 0 Å². The molecule has 5 heteroatoms. The van der Waals surface area contributed by atoms with Crippen LogP contribution < -0.4 is 10.4 Å². The number of nitrogens with zero attached hydrogens (tertiary/aromatic N) is 1. The van der Waals surface area contributed by atoms with Gasteiger partial charge in [-0.1, -0.05) is 30.3 Å². The van der Waals surface area contributed by atoms with Crippen LogP contribution in [0.4, 0.5) is 0 Å². The van der Waals surface area contributed by atoms with Crippen molar-refractivity contribution in [2.45, 2.75) is 6.54 Å². The maximum absolute atomic E-state index is 11.4. The number of para-hydroxylation sites is 1. The molecule has 0 saturated heterocycles. The molecule has 0 aliphatic carbocycles. The topological polar surface area (TPSA) is 61.1 Å². The predicted octanol–water partition coefficient (Wildman–Crippen LogP) is 2.72. The molecule has 1 aliphatic rings. The van der Waals surface area contributed by atoms with Crippen LogP contribution in [0.15, 0.2) is 53.5 Å². The number of nitrogens with one attached hydrogen (secondary N) is 2. The van der Waals surface area contributed by atoms with E-state index in [0.717, 1.165) is 24.1 Å². The molecule has 2 heterocycles. The Labute approximate surface area is 133 Å². The summed E-state index contributed by atoms with van der Waals surface area (Å²) in [4.78, 5) is 19.1. The fourth-order valence-corrected chi connectivity index (χ4v) is 2.88. The average Bonchev–Trinajstić information content (AvgIpc) is 2.96. The quantitative estimate of drug-likeness (QED) is 0.779. The molecule has 0 fully saturated rings. The standard InChI is InChI=1S/C18H17N3O2/c22-18-19-15-6-3-7-16(17(15)20-18)23-11-10-21-9-8-13-4-1-2-5-14(13)12-21/h1-9H,10-12H2,(H2,19,20,22). The highest BCUT2D eigenvalue weighted by Crippen LogP contribution is 2.22. The minimum Gasteiger partial charge on any atom is -0.489 e. The van der Waals surface area contributed by atoms with Gasteiger partial charge in [0.15, 0.2) is 0 Å². The van der Waals surface area contributed by atoms with Crippen LogP contribution in [0.1, 0.15) is 11.1 Å². The lowest BCUT2D eigenvalue weighted by Gasteiger charge is -2.25. The summed E-state index contributed by atoms with van der Waals surface area (Å²) >= 11 is 0. The molecule has 116 valence electrons. The molecule has 0 spiro atoms. The van der Waals surface area contributed by atoms with E-state index in [9.17, 15) is 4.79 Å². The zero-order chi connectivity index (χ0) is 15.6. The normalized spacial score (nSPS) is 13.3. The van der Waals surface area contributed by atoms with E-state index < -0.39 is 0 Å². The Bertz CT molecular complexity index is 923. The number of hydrogen-bond donors (Lipinski definition) is 2. The Hall–Kier alpha value is -2.95. The van der Waals surface area contributed by atoms with Crippen LogP contribution in [0.2, 0.25) is 0 Å². The molecule has 0 amide bonds. The molecule has 3 aromatic rings. The van der Waals surface area contributed by atoms with Crippen molar-refractivity contribution in [1.82, 2.24) is 14.9 Å². The first kappa shape index (κ1) is 13.7. The third-order valence-electron chi connectivity index (χ3n) is 4.04. The van der Waals surface area contributed by atoms with Crippen molar-refractivity contribution in [1.29, 1.82) is 0 Å². The van der Waals surface area contributed by atoms with Crippen molar-refractivity contribution in [3.05, 3.63) is 70.3 Å². The van der Waals surface area contributed by atoms with Crippen molar-refractivity contribution in [3.8, 4) is 5.75 Å². The maximum atomic E-state index is 11.4. The zero-order valence-corrected chi connectivity index (χ0v) is 12.6. The number of fused-ring (bicyclic) bond motifs is 2. The van der Waals surface area contributed by atoms with E-state index >= 15 is 0 Å². The van der Waals surface area contributed by atoms with Crippen molar-refractivity contribution in [2.75, 3.05) is 13.2 Å². The number of aromatic nitrogens is 2. The summed E-state index contributed by atoms with van der Waals surface area (Å²) < 4.78 is 5.86. The van der Waals surface area contributed by atoms with E-state index in [1.807, 2.05) is 18.2 Å².